The average molecular weight is 933 g/mol. The van der Waals surface area contributed by atoms with Gasteiger partial charge in [0.25, 0.3) is 0 Å². The summed E-state index contributed by atoms with van der Waals surface area (Å²) in [7, 11) is 0. The van der Waals surface area contributed by atoms with Crippen LogP contribution in [0.4, 0.5) is 0 Å². The van der Waals surface area contributed by atoms with Crippen molar-refractivity contribution in [3.63, 3.8) is 0 Å². The second-order valence-electron chi connectivity index (χ2n) is 16.8. The minimum absolute atomic E-state index is 0.00681. The number of aryl methyl sites for hydroxylation is 1. The highest BCUT2D eigenvalue weighted by Gasteiger charge is 2.40. The Morgan fingerprint density at radius 2 is 1.16 bits per heavy atom. The van der Waals surface area contributed by atoms with Crippen molar-refractivity contribution in [3.05, 3.63) is 71.8 Å². The summed E-state index contributed by atoms with van der Waals surface area (Å²) >= 11 is 0. The number of nitrogens with zero attached hydrogens (tertiary/aromatic N) is 3. The molecule has 1 fully saturated rings. The molecule has 1 saturated heterocycles. The second kappa shape index (κ2) is 27.9. The summed E-state index contributed by atoms with van der Waals surface area (Å²) < 4.78 is 0. The van der Waals surface area contributed by atoms with Gasteiger partial charge >= 0.3 is 0 Å². The molecule has 2 aromatic carbocycles. The molecule has 1 heterocycles. The topological polar surface area (TPSA) is 381 Å². The Kier molecular flexibility index (Phi) is 22.5. The summed E-state index contributed by atoms with van der Waals surface area (Å²) in [6, 6.07) is 11.1. The highest BCUT2D eigenvalue weighted by Crippen LogP contribution is 2.21. The summed E-state index contributed by atoms with van der Waals surface area (Å²) in [4.78, 5) is 117. The maximum atomic E-state index is 14.6. The summed E-state index contributed by atoms with van der Waals surface area (Å²) in [5, 5.41) is 13.5. The monoisotopic (exact) mass is 933 g/mol. The van der Waals surface area contributed by atoms with E-state index in [-0.39, 0.29) is 94.7 Å². The van der Waals surface area contributed by atoms with Crippen molar-refractivity contribution in [2.24, 2.45) is 50.3 Å². The molecule has 0 bridgehead atoms. The molecule has 0 spiro atoms. The van der Waals surface area contributed by atoms with Crippen LogP contribution < -0.4 is 61.0 Å². The zero-order chi connectivity index (χ0) is 49.5. The Labute approximate surface area is 390 Å². The molecule has 1 aliphatic rings. The number of rotatable bonds is 28. The number of nitrogens with two attached hydrogens (primary N) is 6. The minimum atomic E-state index is -1.46. The zero-order valence-electron chi connectivity index (χ0n) is 38.3. The number of carbonyl (C=O) groups excluding carboxylic acids is 8. The van der Waals surface area contributed by atoms with E-state index in [4.69, 9.17) is 34.4 Å². The molecule has 0 unspecified atom stereocenters. The molecule has 0 aromatic heterocycles. The Hall–Kier alpha value is -7.26. The van der Waals surface area contributed by atoms with Gasteiger partial charge in [0.1, 0.15) is 36.3 Å². The highest BCUT2D eigenvalue weighted by atomic mass is 16.2. The van der Waals surface area contributed by atoms with Gasteiger partial charge in [-0.15, -0.1) is 0 Å². The van der Waals surface area contributed by atoms with Crippen LogP contribution >= 0.6 is 0 Å². The summed E-state index contributed by atoms with van der Waals surface area (Å²) in [5.41, 5.74) is 34.3. The van der Waals surface area contributed by atoms with Crippen LogP contribution in [0.1, 0.15) is 82.8 Å². The lowest BCUT2D eigenvalue weighted by atomic mass is 10.00. The van der Waals surface area contributed by atoms with Gasteiger partial charge in [0.15, 0.2) is 11.9 Å². The molecule has 17 N–H and O–H groups in total. The summed E-state index contributed by atoms with van der Waals surface area (Å²) in [6.07, 6.45) is 1.34. The maximum Gasteiger partial charge on any atom is 0.245 e. The Bertz CT molecular complexity index is 2040. The van der Waals surface area contributed by atoms with Gasteiger partial charge < -0.3 is 65.9 Å². The first kappa shape index (κ1) is 54.1. The van der Waals surface area contributed by atoms with Crippen LogP contribution in [0.5, 0.6) is 0 Å². The molecule has 0 radical (unpaired) electrons. The highest BCUT2D eigenvalue weighted by molar-refractivity contribution is 5.98. The zero-order valence-corrected chi connectivity index (χ0v) is 38.3. The fourth-order valence-electron chi connectivity index (χ4n) is 7.48. The predicted molar refractivity (Wildman–Crippen MR) is 252 cm³/mol. The third-order valence-electron chi connectivity index (χ3n) is 10.8. The number of guanidine groups is 2. The minimum Gasteiger partial charge on any atom is -0.370 e. The molecule has 22 heteroatoms. The third kappa shape index (κ3) is 19.8. The molecular formula is C45H68N14O8. The summed E-state index contributed by atoms with van der Waals surface area (Å²) in [6.45, 7) is 4.13. The quantitative estimate of drug-likeness (QED) is 0.0246. The number of likely N-dealkylation sites (tertiary alicyclic amines) is 1. The van der Waals surface area contributed by atoms with E-state index in [0.717, 1.165) is 5.56 Å². The molecule has 22 nitrogen and oxygen atoms in total. The number of nitrogens with one attached hydrogen (secondary N) is 5. The van der Waals surface area contributed by atoms with E-state index in [2.05, 4.69) is 36.6 Å². The lowest BCUT2D eigenvalue weighted by Crippen LogP contribution is -2.59. The van der Waals surface area contributed by atoms with Gasteiger partial charge in [0.2, 0.25) is 47.3 Å². The van der Waals surface area contributed by atoms with Crippen molar-refractivity contribution >= 4 is 59.2 Å². The van der Waals surface area contributed by atoms with Gasteiger partial charge in [-0.2, -0.15) is 0 Å². The van der Waals surface area contributed by atoms with Crippen LogP contribution in [0.25, 0.3) is 0 Å². The Morgan fingerprint density at radius 3 is 1.72 bits per heavy atom. The van der Waals surface area contributed by atoms with Crippen molar-refractivity contribution in [2.45, 2.75) is 121 Å². The fraction of sp³-hybridized carbons (Fsp3) is 0.511. The van der Waals surface area contributed by atoms with Crippen molar-refractivity contribution in [2.75, 3.05) is 19.6 Å². The van der Waals surface area contributed by atoms with Gasteiger partial charge in [-0.3, -0.25) is 48.3 Å². The lowest BCUT2D eigenvalue weighted by Gasteiger charge is -2.31. The van der Waals surface area contributed by atoms with Crippen molar-refractivity contribution in [3.8, 4) is 0 Å². The van der Waals surface area contributed by atoms with E-state index < -0.39 is 84.0 Å². The van der Waals surface area contributed by atoms with Gasteiger partial charge in [-0.25, -0.2) is 0 Å². The van der Waals surface area contributed by atoms with Crippen molar-refractivity contribution < 1.29 is 38.4 Å². The van der Waals surface area contributed by atoms with Crippen LogP contribution in [0, 0.1) is 5.92 Å². The van der Waals surface area contributed by atoms with Gasteiger partial charge in [0, 0.05) is 32.5 Å². The van der Waals surface area contributed by atoms with Crippen LogP contribution in [0.15, 0.2) is 70.6 Å². The Morgan fingerprint density at radius 1 is 0.642 bits per heavy atom. The number of hydrogen-bond acceptors (Lipinski definition) is 10. The smallest absolute Gasteiger partial charge is 0.245 e. The van der Waals surface area contributed by atoms with Crippen LogP contribution in [-0.4, -0.2) is 120 Å². The molecule has 0 aliphatic carbocycles. The van der Waals surface area contributed by atoms with Crippen LogP contribution in [0.2, 0.25) is 0 Å². The maximum absolute atomic E-state index is 14.6. The van der Waals surface area contributed by atoms with Crippen LogP contribution in [0.3, 0.4) is 0 Å². The van der Waals surface area contributed by atoms with Crippen LogP contribution in [-0.2, 0) is 51.2 Å². The molecule has 1 aliphatic heterocycles. The second-order valence-corrected chi connectivity index (χ2v) is 16.8. The number of aliphatic imine (C=N–C) groups is 2. The fourth-order valence-corrected chi connectivity index (χ4v) is 7.48. The van der Waals surface area contributed by atoms with Crippen molar-refractivity contribution in [1.29, 1.82) is 0 Å². The van der Waals surface area contributed by atoms with Gasteiger partial charge in [0.05, 0.1) is 6.42 Å². The molecule has 3 rings (SSSR count). The normalized spacial score (nSPS) is 15.4. The van der Waals surface area contributed by atoms with E-state index in [9.17, 15) is 38.4 Å². The SMILES string of the molecule is CC(C)C[C@H](NC(=O)CCc1ccccc1)C(=O)N[C@@H](Cc1ccccc1)C(=O)N[C@@H](CCCN=C(N)N)C(=O)N1CCC[C@H]1C(=O)N[C@@H](CCCN=C(N)N)C(=O)N[C@@H](CC(N)=O)C(N)=O. The van der Waals surface area contributed by atoms with E-state index in [1.54, 1.807) is 30.3 Å². The number of carbonyl (C=O) groups is 8. The molecule has 0 saturated carbocycles. The Balaban J connectivity index is 1.89. The van der Waals surface area contributed by atoms with Gasteiger partial charge in [-0.05, 0) is 68.4 Å². The molecule has 2 aromatic rings. The van der Waals surface area contributed by atoms with Gasteiger partial charge in [-0.1, -0.05) is 74.5 Å². The number of primary amides is 2. The number of amides is 8. The van der Waals surface area contributed by atoms with Crippen molar-refractivity contribution in [1.82, 2.24) is 31.5 Å². The average Bonchev–Trinajstić information content (AvgIpc) is 3.77. The molecule has 8 amide bonds. The molecule has 366 valence electrons. The first-order chi connectivity index (χ1) is 31.8. The number of hydrogen-bond donors (Lipinski definition) is 11. The molecule has 6 atom stereocenters. The first-order valence-corrected chi connectivity index (χ1v) is 22.4. The van der Waals surface area contributed by atoms with E-state index >= 15 is 0 Å². The molecular weight excluding hydrogens is 865 g/mol. The number of benzene rings is 2. The molecule has 67 heavy (non-hydrogen) atoms. The van der Waals surface area contributed by atoms with E-state index in [0.29, 0.717) is 18.4 Å². The lowest BCUT2D eigenvalue weighted by molar-refractivity contribution is -0.142. The summed E-state index contributed by atoms with van der Waals surface area (Å²) in [5.74, 6) is -6.10. The standard InChI is InChI=1S/C45H68N14O8/c1-27(2)24-33(54-37(61)20-19-28-12-5-3-6-13-28)40(64)58-34(25-29-14-7-4-8-15-29)41(65)56-31(17-10-22-53-45(50)51)43(67)59-23-11-18-35(59)42(66)55-30(16-9-21-52-44(48)49)39(63)57-32(38(47)62)26-36(46)60/h3-8,12-15,27,30-35H,9-11,16-26H2,1-2H3,(H2,46,60)(H2,47,62)(H,54,61)(H,55,66)(H,56,65)(H,57,63)(H,58,64)(H4,48,49,52)(H4,50,51,53)/t30-,31-,32-,33-,34-,35-/m0/s1. The predicted octanol–water partition coefficient (Wildman–Crippen LogP) is -2.21. The third-order valence-corrected chi connectivity index (χ3v) is 10.8. The van der Waals surface area contributed by atoms with E-state index in [1.807, 2.05) is 44.2 Å². The first-order valence-electron chi connectivity index (χ1n) is 22.4. The van der Waals surface area contributed by atoms with E-state index in [1.165, 1.54) is 4.90 Å². The largest absolute Gasteiger partial charge is 0.370 e.